The minimum atomic E-state index is -0.476. The van der Waals surface area contributed by atoms with Crippen LogP contribution in [0.1, 0.15) is 36.4 Å². The van der Waals surface area contributed by atoms with Crippen LogP contribution in [0.2, 0.25) is 5.02 Å². The zero-order valence-corrected chi connectivity index (χ0v) is 16.8. The number of nitrogens with one attached hydrogen (secondary N) is 2. The summed E-state index contributed by atoms with van der Waals surface area (Å²) in [6, 6.07) is 14.7. The summed E-state index contributed by atoms with van der Waals surface area (Å²) in [7, 11) is 0. The summed E-state index contributed by atoms with van der Waals surface area (Å²) in [5.74, 6) is 0.0944. The third-order valence-electron chi connectivity index (χ3n) is 4.96. The Kier molecular flexibility index (Phi) is 7.06. The number of benzene rings is 2. The molecule has 1 aliphatic rings. The third-order valence-corrected chi connectivity index (χ3v) is 5.37. The first-order chi connectivity index (χ1) is 13.5. The van der Waals surface area contributed by atoms with Crippen LogP contribution in [0.4, 0.5) is 5.69 Å². The summed E-state index contributed by atoms with van der Waals surface area (Å²) < 4.78 is 0. The van der Waals surface area contributed by atoms with Crippen molar-refractivity contribution in [3.63, 3.8) is 0 Å². The zero-order chi connectivity index (χ0) is 19.9. The maximum Gasteiger partial charge on any atom is 0.246 e. The van der Waals surface area contributed by atoms with E-state index in [-0.39, 0.29) is 11.8 Å². The molecule has 0 aromatic heterocycles. The molecule has 0 radical (unpaired) electrons. The Morgan fingerprint density at radius 3 is 2.68 bits per heavy atom. The van der Waals surface area contributed by atoms with E-state index in [2.05, 4.69) is 10.6 Å². The molecule has 0 spiro atoms. The lowest BCUT2D eigenvalue weighted by atomic mass is 10.1. The molecule has 28 heavy (non-hydrogen) atoms. The van der Waals surface area contributed by atoms with E-state index in [1.165, 1.54) is 0 Å². The SMILES string of the molecule is Cc1ccc(NC(=O)[C@@H](NCCCN2CCCC2=O)c2ccccc2)cc1Cl. The van der Waals surface area contributed by atoms with Gasteiger partial charge in [-0.05, 0) is 49.6 Å². The lowest BCUT2D eigenvalue weighted by molar-refractivity contribution is -0.127. The average molecular weight is 400 g/mol. The number of halogens is 1. The maximum atomic E-state index is 12.9. The van der Waals surface area contributed by atoms with Gasteiger partial charge in [0, 0.05) is 30.2 Å². The molecule has 1 aliphatic heterocycles. The minimum Gasteiger partial charge on any atom is -0.343 e. The number of nitrogens with zero attached hydrogens (tertiary/aromatic N) is 1. The highest BCUT2D eigenvalue weighted by Crippen LogP contribution is 2.22. The molecule has 2 aromatic carbocycles. The van der Waals surface area contributed by atoms with Crippen molar-refractivity contribution in [3.8, 4) is 0 Å². The normalized spacial score (nSPS) is 14.9. The molecule has 2 amide bonds. The fraction of sp³-hybridized carbons (Fsp3) is 0.364. The van der Waals surface area contributed by atoms with Gasteiger partial charge in [-0.1, -0.05) is 48.0 Å². The van der Waals surface area contributed by atoms with Crippen LogP contribution in [0.3, 0.4) is 0 Å². The summed E-state index contributed by atoms with van der Waals surface area (Å²) in [5.41, 5.74) is 2.54. The maximum absolute atomic E-state index is 12.9. The fourth-order valence-electron chi connectivity index (χ4n) is 3.35. The topological polar surface area (TPSA) is 61.4 Å². The lowest BCUT2D eigenvalue weighted by Gasteiger charge is -2.20. The number of hydrogen-bond acceptors (Lipinski definition) is 3. The zero-order valence-electron chi connectivity index (χ0n) is 16.1. The number of carbonyl (C=O) groups excluding carboxylic acids is 2. The van der Waals surface area contributed by atoms with Crippen molar-refractivity contribution in [2.75, 3.05) is 25.0 Å². The average Bonchev–Trinajstić information content (AvgIpc) is 3.10. The first-order valence-corrected chi connectivity index (χ1v) is 10.1. The van der Waals surface area contributed by atoms with Gasteiger partial charge >= 0.3 is 0 Å². The van der Waals surface area contributed by atoms with Crippen molar-refractivity contribution in [1.29, 1.82) is 0 Å². The molecular weight excluding hydrogens is 374 g/mol. The van der Waals surface area contributed by atoms with E-state index in [0.717, 1.165) is 37.1 Å². The second-order valence-corrected chi connectivity index (χ2v) is 7.50. The quantitative estimate of drug-likeness (QED) is 0.661. The van der Waals surface area contributed by atoms with Crippen molar-refractivity contribution in [1.82, 2.24) is 10.2 Å². The fourth-order valence-corrected chi connectivity index (χ4v) is 3.53. The van der Waals surface area contributed by atoms with Gasteiger partial charge in [0.05, 0.1) is 0 Å². The summed E-state index contributed by atoms with van der Waals surface area (Å²) in [6.45, 7) is 4.14. The number of rotatable bonds is 8. The molecule has 0 unspecified atom stereocenters. The minimum absolute atomic E-state index is 0.136. The first kappa shape index (κ1) is 20.4. The number of aryl methyl sites for hydroxylation is 1. The van der Waals surface area contributed by atoms with Gasteiger partial charge in [-0.2, -0.15) is 0 Å². The molecule has 1 atom stereocenters. The largest absolute Gasteiger partial charge is 0.343 e. The Bertz CT molecular complexity index is 826. The molecule has 1 fully saturated rings. The second-order valence-electron chi connectivity index (χ2n) is 7.09. The molecule has 0 aliphatic carbocycles. The van der Waals surface area contributed by atoms with Crippen LogP contribution in [-0.4, -0.2) is 36.3 Å². The number of hydrogen-bond donors (Lipinski definition) is 2. The van der Waals surface area contributed by atoms with Crippen LogP contribution in [-0.2, 0) is 9.59 Å². The molecule has 0 bridgehead atoms. The van der Waals surface area contributed by atoms with Crippen LogP contribution < -0.4 is 10.6 Å². The summed E-state index contributed by atoms with van der Waals surface area (Å²) in [6.07, 6.45) is 2.40. The van der Waals surface area contributed by atoms with Crippen molar-refractivity contribution >= 4 is 29.1 Å². The highest BCUT2D eigenvalue weighted by Gasteiger charge is 2.22. The van der Waals surface area contributed by atoms with Gasteiger partial charge in [-0.15, -0.1) is 0 Å². The third kappa shape index (κ3) is 5.33. The van der Waals surface area contributed by atoms with Crippen molar-refractivity contribution in [3.05, 3.63) is 64.7 Å². The highest BCUT2D eigenvalue weighted by molar-refractivity contribution is 6.31. The van der Waals surface area contributed by atoms with Gasteiger partial charge in [0.15, 0.2) is 0 Å². The molecule has 6 heteroatoms. The number of anilines is 1. The van der Waals surface area contributed by atoms with E-state index in [1.54, 1.807) is 6.07 Å². The Hall–Kier alpha value is -2.37. The molecule has 1 heterocycles. The standard InChI is InChI=1S/C22H26ClN3O2/c1-16-10-11-18(15-19(16)23)25-22(28)21(17-7-3-2-4-8-17)24-12-6-14-26-13-5-9-20(26)27/h2-4,7-8,10-11,15,21,24H,5-6,9,12-14H2,1H3,(H,25,28)/t21-/m0/s1. The highest BCUT2D eigenvalue weighted by atomic mass is 35.5. The predicted molar refractivity (Wildman–Crippen MR) is 112 cm³/mol. The Morgan fingerprint density at radius 1 is 1.21 bits per heavy atom. The smallest absolute Gasteiger partial charge is 0.246 e. The van der Waals surface area contributed by atoms with Crippen molar-refractivity contribution < 1.29 is 9.59 Å². The van der Waals surface area contributed by atoms with Crippen LogP contribution in [0.5, 0.6) is 0 Å². The summed E-state index contributed by atoms with van der Waals surface area (Å²) in [5, 5.41) is 6.91. The molecule has 3 rings (SSSR count). The van der Waals surface area contributed by atoms with Crippen LogP contribution in [0, 0.1) is 6.92 Å². The van der Waals surface area contributed by atoms with Crippen molar-refractivity contribution in [2.45, 2.75) is 32.2 Å². The van der Waals surface area contributed by atoms with Gasteiger partial charge in [0.2, 0.25) is 11.8 Å². The van der Waals surface area contributed by atoms with Gasteiger partial charge in [0.1, 0.15) is 6.04 Å². The molecule has 2 N–H and O–H groups in total. The van der Waals surface area contributed by atoms with Crippen molar-refractivity contribution in [2.24, 2.45) is 0 Å². The van der Waals surface area contributed by atoms with Crippen LogP contribution in [0.15, 0.2) is 48.5 Å². The van der Waals surface area contributed by atoms with E-state index in [9.17, 15) is 9.59 Å². The van der Waals surface area contributed by atoms with Gasteiger partial charge < -0.3 is 15.5 Å². The molecule has 1 saturated heterocycles. The second kappa shape index (κ2) is 9.71. The monoisotopic (exact) mass is 399 g/mol. The molecular formula is C22H26ClN3O2. The number of likely N-dealkylation sites (tertiary alicyclic amines) is 1. The van der Waals surface area contributed by atoms with Crippen LogP contribution >= 0.6 is 11.6 Å². The van der Waals surface area contributed by atoms with E-state index in [0.29, 0.717) is 23.7 Å². The van der Waals surface area contributed by atoms with Crippen LogP contribution in [0.25, 0.3) is 0 Å². The summed E-state index contributed by atoms with van der Waals surface area (Å²) in [4.78, 5) is 26.5. The predicted octanol–water partition coefficient (Wildman–Crippen LogP) is 3.93. The van der Waals surface area contributed by atoms with E-state index < -0.39 is 6.04 Å². The molecule has 2 aromatic rings. The van der Waals surface area contributed by atoms with Gasteiger partial charge in [0.25, 0.3) is 0 Å². The number of amides is 2. The number of carbonyl (C=O) groups is 2. The Morgan fingerprint density at radius 2 is 2.00 bits per heavy atom. The van der Waals surface area contributed by atoms with E-state index in [4.69, 9.17) is 11.6 Å². The van der Waals surface area contributed by atoms with Gasteiger partial charge in [-0.3, -0.25) is 9.59 Å². The molecule has 0 saturated carbocycles. The summed E-state index contributed by atoms with van der Waals surface area (Å²) >= 11 is 6.17. The molecule has 148 valence electrons. The van der Waals surface area contributed by atoms with E-state index >= 15 is 0 Å². The molecule has 5 nitrogen and oxygen atoms in total. The lowest BCUT2D eigenvalue weighted by Crippen LogP contribution is -2.35. The Labute approximate surface area is 171 Å². The Balaban J connectivity index is 1.62. The van der Waals surface area contributed by atoms with E-state index in [1.807, 2.05) is 54.3 Å². The first-order valence-electron chi connectivity index (χ1n) is 9.68. The van der Waals surface area contributed by atoms with Gasteiger partial charge in [-0.25, -0.2) is 0 Å².